The zero-order valence-electron chi connectivity index (χ0n) is 15.1. The van der Waals surface area contributed by atoms with Gasteiger partial charge in [0.05, 0.1) is 12.1 Å². The van der Waals surface area contributed by atoms with E-state index in [4.69, 9.17) is 9.84 Å². The number of benzene rings is 3. The van der Waals surface area contributed by atoms with Crippen LogP contribution in [0, 0.1) is 0 Å². The van der Waals surface area contributed by atoms with Crippen LogP contribution in [-0.4, -0.2) is 21.7 Å². The molecule has 0 atom stereocenters. The van der Waals surface area contributed by atoms with Gasteiger partial charge in [-0.05, 0) is 54.1 Å². The van der Waals surface area contributed by atoms with E-state index in [1.165, 1.54) is 0 Å². The Kier molecular flexibility index (Phi) is 5.26. The van der Waals surface area contributed by atoms with Crippen molar-refractivity contribution in [1.82, 2.24) is 9.97 Å². The topological polar surface area (TPSA) is 67.3 Å². The Morgan fingerprint density at radius 3 is 2.46 bits per heavy atom. The summed E-state index contributed by atoms with van der Waals surface area (Å²) in [4.78, 5) is 8.71. The summed E-state index contributed by atoms with van der Waals surface area (Å²) < 4.78 is 5.83. The summed E-state index contributed by atoms with van der Waals surface area (Å²) in [6.07, 6.45) is 5.11. The standard InChI is InChI=1S/C23H19N3O2/c27-14-4-5-17-8-13-22-21(15-17)23(25-16-24-22)26-18-9-11-20(12-10-18)28-19-6-2-1-3-7-19/h1-13,15-16,27H,14H2,(H,24,25,26)/b5-4+. The van der Waals surface area contributed by atoms with Gasteiger partial charge in [-0.3, -0.25) is 0 Å². The molecule has 0 radical (unpaired) electrons. The number of aliphatic hydroxyl groups is 1. The van der Waals surface area contributed by atoms with E-state index in [0.29, 0.717) is 0 Å². The molecule has 0 amide bonds. The highest BCUT2D eigenvalue weighted by molar-refractivity contribution is 5.92. The summed E-state index contributed by atoms with van der Waals surface area (Å²) in [6.45, 7) is 0.00579. The van der Waals surface area contributed by atoms with E-state index in [9.17, 15) is 0 Å². The Morgan fingerprint density at radius 2 is 1.68 bits per heavy atom. The predicted molar refractivity (Wildman–Crippen MR) is 112 cm³/mol. The van der Waals surface area contributed by atoms with Crippen molar-refractivity contribution in [3.05, 3.63) is 90.8 Å². The summed E-state index contributed by atoms with van der Waals surface area (Å²) in [5, 5.41) is 13.2. The number of aromatic nitrogens is 2. The average Bonchev–Trinajstić information content (AvgIpc) is 2.75. The first-order valence-electron chi connectivity index (χ1n) is 8.94. The highest BCUT2D eigenvalue weighted by atomic mass is 16.5. The molecule has 0 saturated carbocycles. The maximum absolute atomic E-state index is 8.97. The molecular weight excluding hydrogens is 350 g/mol. The Bertz CT molecular complexity index is 1090. The average molecular weight is 369 g/mol. The first kappa shape index (κ1) is 17.7. The maximum atomic E-state index is 8.97. The van der Waals surface area contributed by atoms with Crippen LogP contribution < -0.4 is 10.1 Å². The number of fused-ring (bicyclic) bond motifs is 1. The molecule has 4 aromatic rings. The summed E-state index contributed by atoms with van der Waals surface area (Å²) in [5.74, 6) is 2.29. The van der Waals surface area contributed by atoms with Crippen LogP contribution in [0.2, 0.25) is 0 Å². The third kappa shape index (κ3) is 4.16. The van der Waals surface area contributed by atoms with E-state index in [1.807, 2.05) is 78.9 Å². The van der Waals surface area contributed by atoms with Crippen LogP contribution in [0.1, 0.15) is 5.56 Å². The van der Waals surface area contributed by atoms with Crippen molar-refractivity contribution < 1.29 is 9.84 Å². The SMILES string of the molecule is OC/C=C/c1ccc2ncnc(Nc3ccc(Oc4ccccc4)cc3)c2c1. The number of anilines is 2. The molecule has 5 heteroatoms. The molecule has 0 bridgehead atoms. The fraction of sp³-hybridized carbons (Fsp3) is 0.0435. The first-order valence-corrected chi connectivity index (χ1v) is 8.94. The van der Waals surface area contributed by atoms with Gasteiger partial charge in [-0.25, -0.2) is 9.97 Å². The lowest BCUT2D eigenvalue weighted by Gasteiger charge is -2.10. The zero-order valence-corrected chi connectivity index (χ0v) is 15.1. The molecule has 0 aliphatic rings. The quantitative estimate of drug-likeness (QED) is 0.491. The fourth-order valence-corrected chi connectivity index (χ4v) is 2.83. The lowest BCUT2D eigenvalue weighted by atomic mass is 10.1. The van der Waals surface area contributed by atoms with E-state index < -0.39 is 0 Å². The van der Waals surface area contributed by atoms with Crippen molar-refractivity contribution in [3.8, 4) is 11.5 Å². The smallest absolute Gasteiger partial charge is 0.141 e. The summed E-state index contributed by atoms with van der Waals surface area (Å²) in [5.41, 5.74) is 2.73. The third-order valence-electron chi connectivity index (χ3n) is 4.17. The van der Waals surface area contributed by atoms with Gasteiger partial charge < -0.3 is 15.2 Å². The van der Waals surface area contributed by atoms with Gasteiger partial charge >= 0.3 is 0 Å². The molecule has 0 unspecified atom stereocenters. The summed E-state index contributed by atoms with van der Waals surface area (Å²) >= 11 is 0. The Labute approximate surface area is 163 Å². The Morgan fingerprint density at radius 1 is 0.893 bits per heavy atom. The molecular formula is C23H19N3O2. The van der Waals surface area contributed by atoms with Gasteiger partial charge in [-0.1, -0.05) is 36.4 Å². The first-order chi connectivity index (χ1) is 13.8. The van der Waals surface area contributed by atoms with E-state index in [1.54, 1.807) is 12.4 Å². The van der Waals surface area contributed by atoms with Gasteiger partial charge in [-0.15, -0.1) is 0 Å². The minimum Gasteiger partial charge on any atom is -0.457 e. The number of nitrogens with one attached hydrogen (secondary N) is 1. The number of aliphatic hydroxyl groups excluding tert-OH is 1. The van der Waals surface area contributed by atoms with E-state index >= 15 is 0 Å². The van der Waals surface area contributed by atoms with Gasteiger partial charge in [0.1, 0.15) is 23.6 Å². The van der Waals surface area contributed by atoms with Crippen LogP contribution in [0.25, 0.3) is 17.0 Å². The van der Waals surface area contributed by atoms with Gasteiger partial charge in [-0.2, -0.15) is 0 Å². The molecule has 0 saturated heterocycles. The third-order valence-corrected chi connectivity index (χ3v) is 4.17. The number of hydrogen-bond acceptors (Lipinski definition) is 5. The van der Waals surface area contributed by atoms with E-state index in [0.717, 1.165) is 39.5 Å². The number of rotatable bonds is 6. The number of ether oxygens (including phenoxy) is 1. The van der Waals surface area contributed by atoms with Crippen molar-refractivity contribution >= 4 is 28.5 Å². The van der Waals surface area contributed by atoms with Crippen LogP contribution >= 0.6 is 0 Å². The molecule has 2 N–H and O–H groups in total. The lowest BCUT2D eigenvalue weighted by Crippen LogP contribution is -1.96. The van der Waals surface area contributed by atoms with Crippen molar-refractivity contribution in [2.24, 2.45) is 0 Å². The number of nitrogens with zero attached hydrogens (tertiary/aromatic N) is 2. The van der Waals surface area contributed by atoms with Crippen LogP contribution in [0.5, 0.6) is 11.5 Å². The number of para-hydroxylation sites is 1. The van der Waals surface area contributed by atoms with Gasteiger partial charge in [0.2, 0.25) is 0 Å². The second-order valence-electron chi connectivity index (χ2n) is 6.15. The monoisotopic (exact) mass is 369 g/mol. The minimum atomic E-state index is 0.00579. The van der Waals surface area contributed by atoms with Gasteiger partial charge in [0.25, 0.3) is 0 Å². The van der Waals surface area contributed by atoms with Crippen molar-refractivity contribution in [3.63, 3.8) is 0 Å². The molecule has 28 heavy (non-hydrogen) atoms. The molecule has 0 aliphatic carbocycles. The van der Waals surface area contributed by atoms with Crippen molar-refractivity contribution in [2.45, 2.75) is 0 Å². The maximum Gasteiger partial charge on any atom is 0.141 e. The highest BCUT2D eigenvalue weighted by Crippen LogP contribution is 2.27. The van der Waals surface area contributed by atoms with Crippen LogP contribution in [-0.2, 0) is 0 Å². The molecule has 1 heterocycles. The van der Waals surface area contributed by atoms with E-state index in [-0.39, 0.29) is 6.61 Å². The Hall–Kier alpha value is -3.70. The highest BCUT2D eigenvalue weighted by Gasteiger charge is 2.05. The Balaban J connectivity index is 1.56. The summed E-state index contributed by atoms with van der Waals surface area (Å²) in [7, 11) is 0. The second-order valence-corrected chi connectivity index (χ2v) is 6.15. The van der Waals surface area contributed by atoms with Crippen LogP contribution in [0.15, 0.2) is 85.2 Å². The lowest BCUT2D eigenvalue weighted by molar-refractivity contribution is 0.343. The van der Waals surface area contributed by atoms with Crippen molar-refractivity contribution in [2.75, 3.05) is 11.9 Å². The molecule has 5 nitrogen and oxygen atoms in total. The van der Waals surface area contributed by atoms with Crippen molar-refractivity contribution in [1.29, 1.82) is 0 Å². The van der Waals surface area contributed by atoms with Crippen LogP contribution in [0.3, 0.4) is 0 Å². The second kappa shape index (κ2) is 8.33. The van der Waals surface area contributed by atoms with Gasteiger partial charge in [0.15, 0.2) is 0 Å². The molecule has 3 aromatic carbocycles. The molecule has 0 fully saturated rings. The van der Waals surface area contributed by atoms with Gasteiger partial charge in [0, 0.05) is 11.1 Å². The molecule has 138 valence electrons. The minimum absolute atomic E-state index is 0.00579. The molecule has 1 aromatic heterocycles. The summed E-state index contributed by atoms with van der Waals surface area (Å²) in [6, 6.07) is 23.3. The molecule has 0 spiro atoms. The predicted octanol–water partition coefficient (Wildman–Crippen LogP) is 5.17. The fourth-order valence-electron chi connectivity index (χ4n) is 2.83. The van der Waals surface area contributed by atoms with E-state index in [2.05, 4.69) is 15.3 Å². The number of hydrogen-bond donors (Lipinski definition) is 2. The van der Waals surface area contributed by atoms with Crippen LogP contribution in [0.4, 0.5) is 11.5 Å². The largest absolute Gasteiger partial charge is 0.457 e. The zero-order chi connectivity index (χ0) is 19.2. The molecule has 4 rings (SSSR count). The normalized spacial score (nSPS) is 11.0. The molecule has 0 aliphatic heterocycles.